The van der Waals surface area contributed by atoms with Crippen LogP contribution < -0.4 is 0 Å². The second kappa shape index (κ2) is 11.2. The molecule has 2 aromatic heterocycles. The molecule has 10 aromatic rings. The van der Waals surface area contributed by atoms with Gasteiger partial charge in [-0.15, -0.1) is 11.3 Å². The molecule has 0 bridgehead atoms. The number of fused-ring (bicyclic) bond motifs is 9. The topological polar surface area (TPSA) is 38.7 Å². The maximum Gasteiger partial charge on any atom is 0.164 e. The summed E-state index contributed by atoms with van der Waals surface area (Å²) in [5, 5.41) is 9.66. The van der Waals surface area contributed by atoms with Crippen molar-refractivity contribution < 1.29 is 6.85 Å². The van der Waals surface area contributed by atoms with E-state index < -0.39 is 18.1 Å². The van der Waals surface area contributed by atoms with E-state index in [0.717, 1.165) is 42.4 Å². The highest BCUT2D eigenvalue weighted by molar-refractivity contribution is 7.25. The van der Waals surface area contributed by atoms with Crippen molar-refractivity contribution in [2.45, 2.75) is 0 Å². The highest BCUT2D eigenvalue weighted by Crippen LogP contribution is 2.41. The first-order chi connectivity index (χ1) is 26.3. The second-order valence-corrected chi connectivity index (χ2v) is 13.1. The zero-order chi connectivity index (χ0) is 36.7. The number of hydrogen-bond donors (Lipinski definition) is 0. The Morgan fingerprint density at radius 2 is 0.857 bits per heavy atom. The fraction of sp³-hybridized carbons (Fsp3) is 0. The van der Waals surface area contributed by atoms with Crippen LogP contribution in [0.3, 0.4) is 0 Å². The first kappa shape index (κ1) is 23.2. The van der Waals surface area contributed by atoms with Crippen LogP contribution in [0.25, 0.3) is 97.8 Å². The van der Waals surface area contributed by atoms with Crippen molar-refractivity contribution in [3.05, 3.63) is 164 Å². The predicted octanol–water partition coefficient (Wildman–Crippen LogP) is 12.4. The number of thiophene rings is 1. The van der Waals surface area contributed by atoms with Crippen LogP contribution in [0.2, 0.25) is 0 Å². The van der Waals surface area contributed by atoms with Crippen molar-refractivity contribution in [2.24, 2.45) is 0 Å². The van der Waals surface area contributed by atoms with Crippen molar-refractivity contribution in [2.75, 3.05) is 0 Å². The molecule has 0 saturated carbocycles. The molecule has 3 nitrogen and oxygen atoms in total. The summed E-state index contributed by atoms with van der Waals surface area (Å²) >= 11 is 1.73. The number of benzene rings is 8. The predicted molar refractivity (Wildman–Crippen MR) is 207 cm³/mol. The average molecular weight is 647 g/mol. The molecule has 0 aliphatic rings. The molecular formula is C45H27N3S. The third-order valence-corrected chi connectivity index (χ3v) is 10.3. The first-order valence-corrected chi connectivity index (χ1v) is 16.8. The van der Waals surface area contributed by atoms with E-state index in [1.807, 2.05) is 36.4 Å². The van der Waals surface area contributed by atoms with E-state index in [4.69, 9.17) is 16.8 Å². The zero-order valence-corrected chi connectivity index (χ0v) is 26.8. The van der Waals surface area contributed by atoms with Gasteiger partial charge < -0.3 is 0 Å². The standard InChI is InChI=1S/C45H27N3S/c1-3-11-28(12-4-1)43-46-44(29-13-5-2-6-14-29)48-45(47-43)32-21-24-41-40(26-32)38-23-20-31(27-42(38)49-41)30-19-22-37-35-17-8-7-15-33(35)34-16-9-10-18-36(34)39(37)25-30/h1-27H/i1D,3D,4D,11D,12D. The lowest BCUT2D eigenvalue weighted by molar-refractivity contribution is 1.07. The van der Waals surface area contributed by atoms with Gasteiger partial charge in [0.15, 0.2) is 17.5 Å². The quantitative estimate of drug-likeness (QED) is 0.179. The summed E-state index contributed by atoms with van der Waals surface area (Å²) in [6.07, 6.45) is 0. The van der Waals surface area contributed by atoms with Gasteiger partial charge in [-0.05, 0) is 73.8 Å². The zero-order valence-electron chi connectivity index (χ0n) is 31.0. The minimum atomic E-state index is -0.466. The van der Waals surface area contributed by atoms with E-state index in [2.05, 4.69) is 102 Å². The maximum atomic E-state index is 8.62. The Hall–Kier alpha value is -6.23. The summed E-state index contributed by atoms with van der Waals surface area (Å²) in [5.74, 6) is 0.713. The molecule has 8 aromatic carbocycles. The molecule has 2 heterocycles. The summed E-state index contributed by atoms with van der Waals surface area (Å²) in [5.41, 5.74) is 3.68. The summed E-state index contributed by atoms with van der Waals surface area (Å²) in [6.45, 7) is 0. The molecule has 0 saturated heterocycles. The summed E-state index contributed by atoms with van der Waals surface area (Å²) in [4.78, 5) is 14.2. The Bertz CT molecular complexity index is 3120. The van der Waals surface area contributed by atoms with Crippen LogP contribution in [0.15, 0.2) is 164 Å². The van der Waals surface area contributed by atoms with Gasteiger partial charge in [-0.1, -0.05) is 133 Å². The summed E-state index contributed by atoms with van der Waals surface area (Å²) in [7, 11) is 0. The smallest absolute Gasteiger partial charge is 0.164 e. The van der Waals surface area contributed by atoms with Crippen LogP contribution in [0, 0.1) is 0 Å². The van der Waals surface area contributed by atoms with Crippen molar-refractivity contribution in [1.82, 2.24) is 15.0 Å². The van der Waals surface area contributed by atoms with Crippen LogP contribution >= 0.6 is 11.3 Å². The van der Waals surface area contributed by atoms with Crippen LogP contribution in [0.5, 0.6) is 0 Å². The van der Waals surface area contributed by atoms with Gasteiger partial charge in [0, 0.05) is 36.9 Å². The van der Waals surface area contributed by atoms with Gasteiger partial charge in [-0.25, -0.2) is 15.0 Å². The van der Waals surface area contributed by atoms with Crippen molar-refractivity contribution in [3.63, 3.8) is 0 Å². The molecule has 0 atom stereocenters. The molecule has 0 N–H and O–H groups in total. The highest BCUT2D eigenvalue weighted by Gasteiger charge is 2.15. The van der Waals surface area contributed by atoms with E-state index in [-0.39, 0.29) is 23.5 Å². The molecule has 0 radical (unpaired) electrons. The molecule has 0 amide bonds. The van der Waals surface area contributed by atoms with E-state index in [1.54, 1.807) is 11.3 Å². The van der Waals surface area contributed by atoms with Gasteiger partial charge in [0.2, 0.25) is 0 Å². The van der Waals surface area contributed by atoms with Gasteiger partial charge in [0.05, 0.1) is 6.85 Å². The van der Waals surface area contributed by atoms with E-state index in [0.29, 0.717) is 11.6 Å². The molecule has 0 aliphatic heterocycles. The Labute approximate surface area is 293 Å². The van der Waals surface area contributed by atoms with Crippen molar-refractivity contribution in [3.8, 4) is 45.3 Å². The van der Waals surface area contributed by atoms with Gasteiger partial charge in [0.25, 0.3) is 0 Å². The fourth-order valence-corrected chi connectivity index (χ4v) is 8.00. The average Bonchev–Trinajstić information content (AvgIpc) is 3.59. The number of rotatable bonds is 4. The molecule has 4 heteroatoms. The molecule has 0 spiro atoms. The van der Waals surface area contributed by atoms with E-state index in [9.17, 15) is 0 Å². The van der Waals surface area contributed by atoms with Gasteiger partial charge in [-0.3, -0.25) is 0 Å². The molecule has 49 heavy (non-hydrogen) atoms. The lowest BCUT2D eigenvalue weighted by Crippen LogP contribution is -2.00. The number of nitrogens with zero attached hydrogens (tertiary/aromatic N) is 3. The molecule has 0 unspecified atom stereocenters. The van der Waals surface area contributed by atoms with Crippen LogP contribution in [0.4, 0.5) is 0 Å². The normalized spacial score (nSPS) is 13.1. The minimum absolute atomic E-state index is 0.0203. The SMILES string of the molecule is [2H]c1c([2H])c([2H])c(-c2nc(-c3ccccc3)nc(-c3ccc4sc5cc(-c6ccc7c8ccccc8c8ccccc8c7c6)ccc5c4c3)n2)c([2H])c1[2H]. The Morgan fingerprint density at radius 1 is 0.347 bits per heavy atom. The number of aromatic nitrogens is 3. The van der Waals surface area contributed by atoms with Gasteiger partial charge >= 0.3 is 0 Å². The molecule has 10 rings (SSSR count). The first-order valence-electron chi connectivity index (χ1n) is 18.5. The highest BCUT2D eigenvalue weighted by atomic mass is 32.1. The number of hydrogen-bond acceptors (Lipinski definition) is 4. The van der Waals surface area contributed by atoms with Crippen molar-refractivity contribution >= 4 is 63.8 Å². The van der Waals surface area contributed by atoms with Crippen LogP contribution in [-0.4, -0.2) is 15.0 Å². The lowest BCUT2D eigenvalue weighted by Gasteiger charge is -2.12. The molecule has 228 valence electrons. The molecule has 0 aliphatic carbocycles. The Morgan fingerprint density at radius 3 is 1.55 bits per heavy atom. The monoisotopic (exact) mass is 646 g/mol. The largest absolute Gasteiger partial charge is 0.208 e. The Balaban J connectivity index is 1.11. The third kappa shape index (κ3) is 4.68. The fourth-order valence-electron chi connectivity index (χ4n) is 6.88. The minimum Gasteiger partial charge on any atom is -0.208 e. The molecular weight excluding hydrogens is 615 g/mol. The summed E-state index contributed by atoms with van der Waals surface area (Å²) in [6, 6.07) is 44.1. The van der Waals surface area contributed by atoms with E-state index in [1.165, 1.54) is 32.3 Å². The van der Waals surface area contributed by atoms with Crippen molar-refractivity contribution in [1.29, 1.82) is 0 Å². The summed E-state index contributed by atoms with van der Waals surface area (Å²) < 4.78 is 44.1. The van der Waals surface area contributed by atoms with Crippen LogP contribution in [0.1, 0.15) is 6.85 Å². The van der Waals surface area contributed by atoms with E-state index >= 15 is 0 Å². The maximum absolute atomic E-state index is 8.62. The third-order valence-electron chi connectivity index (χ3n) is 9.20. The van der Waals surface area contributed by atoms with Crippen LogP contribution in [-0.2, 0) is 0 Å². The lowest BCUT2D eigenvalue weighted by atomic mass is 9.92. The molecule has 0 fully saturated rings. The second-order valence-electron chi connectivity index (χ2n) is 12.0. The van der Waals surface area contributed by atoms with Gasteiger partial charge in [-0.2, -0.15) is 0 Å². The Kier molecular flexibility index (Phi) is 5.29. The van der Waals surface area contributed by atoms with Gasteiger partial charge in [0.1, 0.15) is 0 Å².